The van der Waals surface area contributed by atoms with E-state index in [4.69, 9.17) is 9.47 Å². The molecule has 0 aromatic heterocycles. The Morgan fingerprint density at radius 2 is 1.64 bits per heavy atom. The molecule has 0 saturated heterocycles. The minimum atomic E-state index is -3.33. The molecule has 152 valence electrons. The Morgan fingerprint density at radius 1 is 1.07 bits per heavy atom. The smallest absolute Gasteiger partial charge is 0.251 e. The molecule has 0 radical (unpaired) electrons. The van der Waals surface area contributed by atoms with Gasteiger partial charge in [0.05, 0.1) is 24.6 Å². The number of amides is 1. The zero-order valence-electron chi connectivity index (χ0n) is 16.5. The Hall–Kier alpha value is -2.74. The van der Waals surface area contributed by atoms with E-state index < -0.39 is 10.0 Å². The number of nitrogens with one attached hydrogen (secondary N) is 1. The third-order valence-corrected chi connectivity index (χ3v) is 5.99. The van der Waals surface area contributed by atoms with Gasteiger partial charge in [-0.2, -0.15) is 0 Å². The van der Waals surface area contributed by atoms with Gasteiger partial charge in [0.15, 0.2) is 0 Å². The zero-order valence-corrected chi connectivity index (χ0v) is 17.3. The Morgan fingerprint density at radius 3 is 2.18 bits per heavy atom. The summed E-state index contributed by atoms with van der Waals surface area (Å²) in [4.78, 5) is 12.4. The summed E-state index contributed by atoms with van der Waals surface area (Å²) in [5, 5.41) is 2.86. The molecule has 1 N–H and O–H groups in total. The molecule has 0 aliphatic heterocycles. The van der Waals surface area contributed by atoms with E-state index in [9.17, 15) is 13.2 Å². The number of nitrogens with zero attached hydrogens (tertiary/aromatic N) is 1. The first kappa shape index (κ1) is 21.6. The summed E-state index contributed by atoms with van der Waals surface area (Å²) >= 11 is 0. The van der Waals surface area contributed by atoms with Crippen molar-refractivity contribution in [3.63, 3.8) is 0 Å². The average molecular weight is 407 g/mol. The van der Waals surface area contributed by atoms with E-state index in [0.717, 1.165) is 5.75 Å². The van der Waals surface area contributed by atoms with Gasteiger partial charge < -0.3 is 14.8 Å². The first-order valence-electron chi connectivity index (χ1n) is 8.91. The van der Waals surface area contributed by atoms with Crippen molar-refractivity contribution in [1.82, 2.24) is 5.32 Å². The highest BCUT2D eigenvalue weighted by atomic mass is 32.2. The van der Waals surface area contributed by atoms with Crippen LogP contribution in [0, 0.1) is 0 Å². The van der Waals surface area contributed by atoms with Gasteiger partial charge in [-0.15, -0.1) is 0 Å². The van der Waals surface area contributed by atoms with Gasteiger partial charge in [0.25, 0.3) is 5.91 Å². The lowest BCUT2D eigenvalue weighted by Gasteiger charge is -2.19. The standard InChI is InChI=1S/C20H26N2O5S/c1-5-28(24,25)22(3)17-8-6-16(7-9-17)20(23)21-15(2)14-27-19-12-10-18(26-4)11-13-19/h6-13,15H,5,14H2,1-4H3,(H,21,23)/t15-/m1/s1. The second-order valence-corrected chi connectivity index (χ2v) is 8.56. The lowest BCUT2D eigenvalue weighted by atomic mass is 10.2. The highest BCUT2D eigenvalue weighted by Crippen LogP contribution is 2.18. The fraction of sp³-hybridized carbons (Fsp3) is 0.350. The number of methoxy groups -OCH3 is 1. The number of hydrogen-bond donors (Lipinski definition) is 1. The van der Waals surface area contributed by atoms with E-state index in [1.165, 1.54) is 11.4 Å². The fourth-order valence-electron chi connectivity index (χ4n) is 2.42. The van der Waals surface area contributed by atoms with Crippen LogP contribution in [-0.4, -0.2) is 46.9 Å². The van der Waals surface area contributed by atoms with Crippen molar-refractivity contribution in [3.05, 3.63) is 54.1 Å². The molecule has 0 unspecified atom stereocenters. The van der Waals surface area contributed by atoms with Crippen LogP contribution in [0.25, 0.3) is 0 Å². The quantitative estimate of drug-likeness (QED) is 0.692. The highest BCUT2D eigenvalue weighted by Gasteiger charge is 2.16. The molecule has 8 heteroatoms. The topological polar surface area (TPSA) is 84.9 Å². The molecule has 1 atom stereocenters. The first-order chi connectivity index (χ1) is 13.3. The van der Waals surface area contributed by atoms with Crippen LogP contribution < -0.4 is 19.1 Å². The summed E-state index contributed by atoms with van der Waals surface area (Å²) in [6, 6.07) is 13.4. The highest BCUT2D eigenvalue weighted by molar-refractivity contribution is 7.92. The van der Waals surface area contributed by atoms with E-state index in [-0.39, 0.29) is 17.7 Å². The molecule has 0 saturated carbocycles. The van der Waals surface area contributed by atoms with Crippen LogP contribution in [0.15, 0.2) is 48.5 Å². The largest absolute Gasteiger partial charge is 0.497 e. The summed E-state index contributed by atoms with van der Waals surface area (Å²) in [6.45, 7) is 3.74. The second-order valence-electron chi connectivity index (χ2n) is 6.28. The summed E-state index contributed by atoms with van der Waals surface area (Å²) in [6.07, 6.45) is 0. The van der Waals surface area contributed by atoms with Crippen molar-refractivity contribution in [2.24, 2.45) is 0 Å². The van der Waals surface area contributed by atoms with Gasteiger partial charge in [0.1, 0.15) is 18.1 Å². The average Bonchev–Trinajstić information content (AvgIpc) is 2.72. The molecule has 0 spiro atoms. The zero-order chi connectivity index (χ0) is 20.7. The molecule has 2 aromatic rings. The predicted octanol–water partition coefficient (Wildman–Crippen LogP) is 2.68. The van der Waals surface area contributed by atoms with Crippen LogP contribution in [0.1, 0.15) is 24.2 Å². The van der Waals surface area contributed by atoms with Crippen LogP contribution in [0.4, 0.5) is 5.69 Å². The summed E-state index contributed by atoms with van der Waals surface area (Å²) < 4.78 is 35.8. The van der Waals surface area contributed by atoms with Crippen LogP contribution >= 0.6 is 0 Å². The summed E-state index contributed by atoms with van der Waals surface area (Å²) in [7, 11) is -0.243. The molecular weight excluding hydrogens is 380 g/mol. The van der Waals surface area contributed by atoms with Crippen molar-refractivity contribution in [3.8, 4) is 11.5 Å². The van der Waals surface area contributed by atoms with Gasteiger partial charge in [-0.05, 0) is 62.4 Å². The fourth-order valence-corrected chi connectivity index (χ4v) is 3.25. The maximum Gasteiger partial charge on any atom is 0.251 e. The van der Waals surface area contributed by atoms with Crippen molar-refractivity contribution in [2.75, 3.05) is 30.8 Å². The summed E-state index contributed by atoms with van der Waals surface area (Å²) in [5.74, 6) is 1.19. The number of hydrogen-bond acceptors (Lipinski definition) is 5. The maximum atomic E-state index is 12.4. The lowest BCUT2D eigenvalue weighted by Crippen LogP contribution is -2.36. The van der Waals surface area contributed by atoms with Crippen molar-refractivity contribution in [2.45, 2.75) is 19.9 Å². The number of rotatable bonds is 9. The molecule has 7 nitrogen and oxygen atoms in total. The second kappa shape index (κ2) is 9.45. The van der Waals surface area contributed by atoms with Crippen molar-refractivity contribution >= 4 is 21.6 Å². The first-order valence-corrected chi connectivity index (χ1v) is 10.5. The minimum Gasteiger partial charge on any atom is -0.497 e. The normalized spacial score (nSPS) is 12.1. The molecule has 1 amide bonds. The molecule has 0 aliphatic rings. The van der Waals surface area contributed by atoms with Gasteiger partial charge in [-0.25, -0.2) is 8.42 Å². The summed E-state index contributed by atoms with van der Waals surface area (Å²) in [5.41, 5.74) is 0.955. The maximum absolute atomic E-state index is 12.4. The van der Waals surface area contributed by atoms with E-state index in [0.29, 0.717) is 23.6 Å². The predicted molar refractivity (Wildman–Crippen MR) is 110 cm³/mol. The monoisotopic (exact) mass is 406 g/mol. The van der Waals surface area contributed by atoms with Crippen LogP contribution in [0.3, 0.4) is 0 Å². The van der Waals surface area contributed by atoms with E-state index in [1.807, 2.05) is 6.92 Å². The third-order valence-electron chi connectivity index (χ3n) is 4.21. The third kappa shape index (κ3) is 5.63. The molecule has 0 aliphatic carbocycles. The van der Waals surface area contributed by atoms with Crippen molar-refractivity contribution < 1.29 is 22.7 Å². The number of sulfonamides is 1. The van der Waals surface area contributed by atoms with Gasteiger partial charge >= 0.3 is 0 Å². The molecular formula is C20H26N2O5S. The molecule has 0 bridgehead atoms. The molecule has 2 rings (SSSR count). The lowest BCUT2D eigenvalue weighted by molar-refractivity contribution is 0.0926. The van der Waals surface area contributed by atoms with E-state index in [2.05, 4.69) is 5.32 Å². The van der Waals surface area contributed by atoms with Crippen molar-refractivity contribution in [1.29, 1.82) is 0 Å². The Balaban J connectivity index is 1.90. The van der Waals surface area contributed by atoms with Gasteiger partial charge in [-0.1, -0.05) is 0 Å². The van der Waals surface area contributed by atoms with Crippen LogP contribution in [0.5, 0.6) is 11.5 Å². The Labute approximate surface area is 166 Å². The van der Waals surface area contributed by atoms with Crippen LogP contribution in [0.2, 0.25) is 0 Å². The molecule has 0 fully saturated rings. The van der Waals surface area contributed by atoms with Gasteiger partial charge in [0.2, 0.25) is 10.0 Å². The van der Waals surface area contributed by atoms with E-state index in [1.54, 1.807) is 62.6 Å². The number of carbonyl (C=O) groups is 1. The number of anilines is 1. The van der Waals surface area contributed by atoms with E-state index >= 15 is 0 Å². The minimum absolute atomic E-state index is 0.0114. The molecule has 28 heavy (non-hydrogen) atoms. The van der Waals surface area contributed by atoms with Gasteiger partial charge in [-0.3, -0.25) is 9.10 Å². The molecule has 2 aromatic carbocycles. The van der Waals surface area contributed by atoms with Crippen LogP contribution in [-0.2, 0) is 10.0 Å². The number of benzene rings is 2. The number of carbonyl (C=O) groups excluding carboxylic acids is 1. The Kier molecular flexibility index (Phi) is 7.28. The SMILES string of the molecule is CCS(=O)(=O)N(C)c1ccc(C(=O)N[C@H](C)COc2ccc(OC)cc2)cc1. The van der Waals surface area contributed by atoms with Gasteiger partial charge in [0, 0.05) is 12.6 Å². The molecule has 0 heterocycles. The Bertz CT molecular complexity index is 880. The number of ether oxygens (including phenoxy) is 2.